The van der Waals surface area contributed by atoms with Crippen LogP contribution in [0, 0.1) is 0 Å². The highest BCUT2D eigenvalue weighted by molar-refractivity contribution is 8.12. The number of allylic oxidation sites excluding steroid dienone is 8. The van der Waals surface area contributed by atoms with Gasteiger partial charge in [0.25, 0.3) is 0 Å². The molecule has 2 aliphatic carbocycles. The highest BCUT2D eigenvalue weighted by atomic mass is 35.7. The van der Waals surface area contributed by atoms with Gasteiger partial charge in [-0.3, -0.25) is 9.59 Å². The third-order valence-electron chi connectivity index (χ3n) is 1.98. The number of halogens is 1. The topological polar surface area (TPSA) is 117 Å². The minimum absolute atomic E-state index is 0.0924. The van der Waals surface area contributed by atoms with Gasteiger partial charge in [-0.05, 0) is 17.7 Å². The summed E-state index contributed by atoms with van der Waals surface area (Å²) in [6.07, 6.45) is 9.46. The van der Waals surface area contributed by atoms with Gasteiger partial charge in [0, 0.05) is 31.3 Å². The molecule has 0 spiro atoms. The van der Waals surface area contributed by atoms with Crippen molar-refractivity contribution >= 4 is 31.5 Å². The minimum atomic E-state index is -3.99. The van der Waals surface area contributed by atoms with Gasteiger partial charge in [-0.25, -0.2) is 8.42 Å². The lowest BCUT2D eigenvalue weighted by Crippen LogP contribution is -2.13. The van der Waals surface area contributed by atoms with Crippen molar-refractivity contribution in [3.8, 4) is 0 Å². The molecule has 0 heterocycles. The first-order valence-electron chi connectivity index (χ1n) is 4.72. The summed E-state index contributed by atoms with van der Waals surface area (Å²) in [4.78, 5) is 24.3. The van der Waals surface area contributed by atoms with Gasteiger partial charge in [-0.2, -0.15) is 0 Å². The SMILES string of the molecule is O=C1C=CC=C2C(=O)C=CC=C12.[N-]=[N+]=NS(=O)(=O)Cl. The first kappa shape index (κ1) is 14.9. The van der Waals surface area contributed by atoms with Gasteiger partial charge >= 0.3 is 9.24 Å². The largest absolute Gasteiger partial charge is 0.320 e. The fourth-order valence-corrected chi connectivity index (χ4v) is 1.47. The number of nitrogens with zero attached hydrogens (tertiary/aromatic N) is 3. The highest BCUT2D eigenvalue weighted by Crippen LogP contribution is 2.21. The number of fused-ring (bicyclic) bond motifs is 1. The predicted molar refractivity (Wildman–Crippen MR) is 68.4 cm³/mol. The Morgan fingerprint density at radius 1 is 1.05 bits per heavy atom. The molecule has 7 nitrogen and oxygen atoms in total. The lowest BCUT2D eigenvalue weighted by Gasteiger charge is -2.11. The van der Waals surface area contributed by atoms with E-state index in [-0.39, 0.29) is 11.6 Å². The molecular weight excluding hydrogens is 294 g/mol. The van der Waals surface area contributed by atoms with Gasteiger partial charge in [-0.15, -0.1) is 0 Å². The Bertz CT molecular complexity index is 656. The van der Waals surface area contributed by atoms with Crippen LogP contribution in [0.5, 0.6) is 0 Å². The second-order valence-electron chi connectivity index (χ2n) is 3.19. The average molecular weight is 300 g/mol. The van der Waals surface area contributed by atoms with E-state index in [0.29, 0.717) is 11.1 Å². The van der Waals surface area contributed by atoms with Crippen LogP contribution in [0.4, 0.5) is 0 Å². The van der Waals surface area contributed by atoms with E-state index in [1.807, 2.05) is 4.91 Å². The van der Waals surface area contributed by atoms with E-state index in [2.05, 4.69) is 15.2 Å². The summed E-state index contributed by atoms with van der Waals surface area (Å²) < 4.78 is 21.3. The summed E-state index contributed by atoms with van der Waals surface area (Å²) in [6.45, 7) is 0. The first-order chi connectivity index (χ1) is 8.85. The molecule has 0 radical (unpaired) electrons. The van der Waals surface area contributed by atoms with E-state index >= 15 is 0 Å². The van der Waals surface area contributed by atoms with Gasteiger partial charge < -0.3 is 0 Å². The average Bonchev–Trinajstić information content (AvgIpc) is 2.30. The molecule has 0 unspecified atom stereocenters. The van der Waals surface area contributed by atoms with E-state index in [1.165, 1.54) is 12.2 Å². The van der Waals surface area contributed by atoms with Crippen molar-refractivity contribution in [3.63, 3.8) is 0 Å². The maximum absolute atomic E-state index is 11.2. The summed E-state index contributed by atoms with van der Waals surface area (Å²) >= 11 is 0. The summed E-state index contributed by atoms with van der Waals surface area (Å²) in [5.74, 6) is -0.185. The molecule has 0 amide bonds. The number of hydrogen-bond acceptors (Lipinski definition) is 4. The van der Waals surface area contributed by atoms with Crippen molar-refractivity contribution in [1.82, 2.24) is 0 Å². The van der Waals surface area contributed by atoms with Crippen LogP contribution in [0.25, 0.3) is 10.4 Å². The number of hydrogen-bond donors (Lipinski definition) is 0. The van der Waals surface area contributed by atoms with Gasteiger partial charge in [0.05, 0.1) is 0 Å². The Morgan fingerprint density at radius 3 is 1.74 bits per heavy atom. The second kappa shape index (κ2) is 6.14. The molecule has 9 heteroatoms. The van der Waals surface area contributed by atoms with Crippen LogP contribution in [0.3, 0.4) is 0 Å². The Hall–Kier alpha value is -2.15. The lowest BCUT2D eigenvalue weighted by atomic mass is 9.90. The van der Waals surface area contributed by atoms with Gasteiger partial charge in [-0.1, -0.05) is 24.3 Å². The molecule has 0 aliphatic heterocycles. The van der Waals surface area contributed by atoms with Crippen LogP contribution in [-0.2, 0) is 18.8 Å². The Morgan fingerprint density at radius 2 is 1.47 bits per heavy atom. The Labute approximate surface area is 112 Å². The Kier molecular flexibility index (Phi) is 4.82. The fraction of sp³-hybridized carbons (Fsp3) is 0. The van der Waals surface area contributed by atoms with Crippen molar-refractivity contribution < 1.29 is 18.0 Å². The van der Waals surface area contributed by atoms with E-state index < -0.39 is 9.24 Å². The van der Waals surface area contributed by atoms with Crippen LogP contribution < -0.4 is 0 Å². The van der Waals surface area contributed by atoms with Crippen molar-refractivity contribution in [1.29, 1.82) is 0 Å². The van der Waals surface area contributed by atoms with Crippen LogP contribution in [0.2, 0.25) is 0 Å². The minimum Gasteiger partial charge on any atom is -0.289 e. The summed E-state index contributed by atoms with van der Waals surface area (Å²) in [5.41, 5.74) is 8.41. The normalized spacial score (nSPS) is 16.5. The van der Waals surface area contributed by atoms with Crippen LogP contribution >= 0.6 is 10.7 Å². The van der Waals surface area contributed by atoms with Gasteiger partial charge in [0.2, 0.25) is 0 Å². The van der Waals surface area contributed by atoms with Crippen LogP contribution in [-0.4, -0.2) is 20.0 Å². The first-order valence-corrected chi connectivity index (χ1v) is 6.98. The molecule has 0 aromatic carbocycles. The van der Waals surface area contributed by atoms with E-state index in [0.717, 1.165) is 0 Å². The van der Waals surface area contributed by atoms with Crippen molar-refractivity contribution in [2.45, 2.75) is 0 Å². The molecule has 0 N–H and O–H groups in total. The molecule has 2 rings (SSSR count). The zero-order valence-corrected chi connectivity index (χ0v) is 10.8. The monoisotopic (exact) mass is 299 g/mol. The number of carbonyl (C=O) groups excluding carboxylic acids is 2. The molecule has 98 valence electrons. The lowest BCUT2D eigenvalue weighted by molar-refractivity contribution is -0.114. The Balaban J connectivity index is 0.000000224. The second-order valence-corrected chi connectivity index (χ2v) is 5.35. The molecule has 0 atom stereocenters. The molecule has 0 aromatic rings. The van der Waals surface area contributed by atoms with E-state index in [9.17, 15) is 18.0 Å². The zero-order valence-electron chi connectivity index (χ0n) is 9.22. The fourth-order valence-electron chi connectivity index (χ4n) is 1.30. The maximum atomic E-state index is 11.2. The predicted octanol–water partition coefficient (Wildman–Crippen LogP) is 1.90. The number of carbonyl (C=O) groups is 2. The summed E-state index contributed by atoms with van der Waals surface area (Å²) in [7, 11) is 0.391. The molecule has 0 fully saturated rings. The molecule has 0 saturated carbocycles. The maximum Gasteiger partial charge on any atom is 0.320 e. The number of rotatable bonds is 1. The third-order valence-corrected chi connectivity index (χ3v) is 2.43. The zero-order chi connectivity index (χ0) is 14.5. The van der Waals surface area contributed by atoms with Gasteiger partial charge in [0.15, 0.2) is 11.6 Å². The van der Waals surface area contributed by atoms with Crippen LogP contribution in [0.1, 0.15) is 0 Å². The quantitative estimate of drug-likeness (QED) is 0.318. The van der Waals surface area contributed by atoms with Gasteiger partial charge in [0.1, 0.15) is 0 Å². The van der Waals surface area contributed by atoms with Crippen LogP contribution in [0.15, 0.2) is 52.1 Å². The number of ketones is 2. The summed E-state index contributed by atoms with van der Waals surface area (Å²) in [5, 5.41) is 0. The van der Waals surface area contributed by atoms with Crippen molar-refractivity contribution in [3.05, 3.63) is 58.0 Å². The molecule has 19 heavy (non-hydrogen) atoms. The highest BCUT2D eigenvalue weighted by Gasteiger charge is 2.20. The molecule has 0 bridgehead atoms. The molecule has 0 aromatic heterocycles. The number of azide groups is 1. The van der Waals surface area contributed by atoms with Crippen molar-refractivity contribution in [2.75, 3.05) is 0 Å². The molecule has 2 aliphatic rings. The smallest absolute Gasteiger partial charge is 0.289 e. The summed E-state index contributed by atoms with van der Waals surface area (Å²) in [6, 6.07) is 0. The molecule has 0 saturated heterocycles. The third kappa shape index (κ3) is 4.55. The standard InChI is InChI=1S/C10H6O2.ClN3O2S/c11-9-5-1-3-7-8(9)4-2-6-10(7)12;1-7(5,6)4-3-2/h1-6H;. The van der Waals surface area contributed by atoms with E-state index in [1.54, 1.807) is 24.3 Å². The van der Waals surface area contributed by atoms with Crippen molar-refractivity contribution in [2.24, 2.45) is 4.52 Å². The van der Waals surface area contributed by atoms with E-state index in [4.69, 9.17) is 5.53 Å². The molecular formula is C10H6ClN3O4S.